The molecule has 1 heterocycles. The van der Waals surface area contributed by atoms with Gasteiger partial charge in [-0.1, -0.05) is 0 Å². The van der Waals surface area contributed by atoms with Crippen molar-refractivity contribution in [1.29, 1.82) is 0 Å². The van der Waals surface area contributed by atoms with Gasteiger partial charge in [-0.2, -0.15) is 0 Å². The largest absolute Gasteiger partial charge is 0.436 e. The van der Waals surface area contributed by atoms with E-state index in [-0.39, 0.29) is 17.5 Å². The molecule has 23 heavy (non-hydrogen) atoms. The van der Waals surface area contributed by atoms with Gasteiger partial charge in [0.15, 0.2) is 6.29 Å². The summed E-state index contributed by atoms with van der Waals surface area (Å²) in [4.78, 5) is 12.2. The average Bonchev–Trinajstić information content (AvgIpc) is 3.14. The highest BCUT2D eigenvalue weighted by molar-refractivity contribution is 5.72. The maximum absolute atomic E-state index is 12.2. The summed E-state index contributed by atoms with van der Waals surface area (Å²) in [5, 5.41) is 10.1. The standard InChI is InChI=1S/C18H30O5/c1-12(21-11-13-6-8-18(3)15(9-13)23-18)22-16(19)14-5-4-7-17(2,20)10-14/h12-15,20H,4-11H2,1-3H3. The second kappa shape index (κ2) is 6.34. The van der Waals surface area contributed by atoms with Crippen LogP contribution < -0.4 is 0 Å². The molecule has 0 radical (unpaired) electrons. The molecule has 1 saturated heterocycles. The number of esters is 1. The van der Waals surface area contributed by atoms with Crippen molar-refractivity contribution in [3.63, 3.8) is 0 Å². The number of aliphatic hydroxyl groups is 1. The zero-order valence-electron chi connectivity index (χ0n) is 14.5. The fourth-order valence-electron chi connectivity index (χ4n) is 4.10. The van der Waals surface area contributed by atoms with Crippen LogP contribution in [-0.2, 0) is 19.0 Å². The van der Waals surface area contributed by atoms with Crippen molar-refractivity contribution >= 4 is 5.97 Å². The van der Waals surface area contributed by atoms with Crippen LogP contribution in [0.2, 0.25) is 0 Å². The van der Waals surface area contributed by atoms with Gasteiger partial charge in [0.1, 0.15) is 0 Å². The van der Waals surface area contributed by atoms with Gasteiger partial charge in [-0.05, 0) is 71.6 Å². The third-order valence-corrected chi connectivity index (χ3v) is 5.77. The summed E-state index contributed by atoms with van der Waals surface area (Å²) in [6.45, 7) is 6.37. The van der Waals surface area contributed by atoms with Gasteiger partial charge >= 0.3 is 5.97 Å². The summed E-state index contributed by atoms with van der Waals surface area (Å²) < 4.78 is 16.9. The number of fused-ring (bicyclic) bond motifs is 1. The van der Waals surface area contributed by atoms with E-state index in [4.69, 9.17) is 14.2 Å². The number of hydrogen-bond donors (Lipinski definition) is 1. The van der Waals surface area contributed by atoms with Crippen molar-refractivity contribution in [3.8, 4) is 0 Å². The molecule has 1 aliphatic heterocycles. The molecular formula is C18H30O5. The second-order valence-corrected chi connectivity index (χ2v) is 8.19. The van der Waals surface area contributed by atoms with Gasteiger partial charge in [0.25, 0.3) is 0 Å². The normalized spacial score (nSPS) is 44.3. The highest BCUT2D eigenvalue weighted by atomic mass is 16.7. The first-order chi connectivity index (χ1) is 10.8. The molecule has 3 fully saturated rings. The number of epoxide rings is 1. The van der Waals surface area contributed by atoms with Crippen LogP contribution in [0.15, 0.2) is 0 Å². The molecule has 0 spiro atoms. The van der Waals surface area contributed by atoms with E-state index in [0.717, 1.165) is 38.5 Å². The maximum atomic E-state index is 12.2. The third-order valence-electron chi connectivity index (χ3n) is 5.77. The van der Waals surface area contributed by atoms with Crippen LogP contribution in [0.5, 0.6) is 0 Å². The number of rotatable bonds is 5. The van der Waals surface area contributed by atoms with Crippen LogP contribution in [0.3, 0.4) is 0 Å². The van der Waals surface area contributed by atoms with E-state index in [1.54, 1.807) is 13.8 Å². The summed E-state index contributed by atoms with van der Waals surface area (Å²) >= 11 is 0. The fraction of sp³-hybridized carbons (Fsp3) is 0.944. The molecule has 2 saturated carbocycles. The molecule has 6 atom stereocenters. The Balaban J connectivity index is 1.37. The molecule has 5 heteroatoms. The fourth-order valence-corrected chi connectivity index (χ4v) is 4.10. The Kier molecular flexibility index (Phi) is 4.73. The van der Waals surface area contributed by atoms with Gasteiger partial charge in [-0.3, -0.25) is 4.79 Å². The Morgan fingerprint density at radius 3 is 2.83 bits per heavy atom. The van der Waals surface area contributed by atoms with Crippen molar-refractivity contribution in [2.24, 2.45) is 11.8 Å². The summed E-state index contributed by atoms with van der Waals surface area (Å²) in [5.41, 5.74) is -0.614. The Morgan fingerprint density at radius 1 is 1.35 bits per heavy atom. The lowest BCUT2D eigenvalue weighted by molar-refractivity contribution is -0.185. The first kappa shape index (κ1) is 17.2. The third kappa shape index (κ3) is 4.25. The predicted molar refractivity (Wildman–Crippen MR) is 84.7 cm³/mol. The summed E-state index contributed by atoms with van der Waals surface area (Å²) in [6.07, 6.45) is 6.02. The number of ether oxygens (including phenoxy) is 3. The zero-order valence-corrected chi connectivity index (χ0v) is 14.5. The summed E-state index contributed by atoms with van der Waals surface area (Å²) in [5.74, 6) is 0.0476. The summed E-state index contributed by atoms with van der Waals surface area (Å²) in [6, 6.07) is 0. The highest BCUT2D eigenvalue weighted by Gasteiger charge is 2.55. The van der Waals surface area contributed by atoms with Crippen molar-refractivity contribution in [2.45, 2.75) is 89.3 Å². The topological polar surface area (TPSA) is 68.3 Å². The van der Waals surface area contributed by atoms with E-state index in [1.165, 1.54) is 0 Å². The Bertz CT molecular complexity index is 449. The quantitative estimate of drug-likeness (QED) is 0.478. The first-order valence-corrected chi connectivity index (χ1v) is 9.00. The van der Waals surface area contributed by atoms with Crippen LogP contribution in [0.25, 0.3) is 0 Å². The molecule has 132 valence electrons. The second-order valence-electron chi connectivity index (χ2n) is 8.19. The molecule has 0 aromatic carbocycles. The minimum absolute atomic E-state index is 0.131. The molecule has 3 aliphatic rings. The lowest BCUT2D eigenvalue weighted by Crippen LogP contribution is -2.37. The predicted octanol–water partition coefficient (Wildman–Crippen LogP) is 2.79. The molecule has 0 bridgehead atoms. The van der Waals surface area contributed by atoms with E-state index >= 15 is 0 Å². The van der Waals surface area contributed by atoms with Crippen molar-refractivity contribution in [2.75, 3.05) is 6.61 Å². The lowest BCUT2D eigenvalue weighted by atomic mass is 9.79. The Morgan fingerprint density at radius 2 is 2.13 bits per heavy atom. The monoisotopic (exact) mass is 326 g/mol. The molecule has 0 aromatic rings. The van der Waals surface area contributed by atoms with E-state index in [9.17, 15) is 9.90 Å². The van der Waals surface area contributed by atoms with Crippen LogP contribution in [0.1, 0.15) is 65.7 Å². The van der Waals surface area contributed by atoms with Crippen molar-refractivity contribution < 1.29 is 24.1 Å². The maximum Gasteiger partial charge on any atom is 0.311 e. The summed E-state index contributed by atoms with van der Waals surface area (Å²) in [7, 11) is 0. The van der Waals surface area contributed by atoms with Gasteiger partial charge in [0, 0.05) is 0 Å². The SMILES string of the molecule is CC(OCC1CCC2(C)OC2C1)OC(=O)C1CCCC(C)(O)C1. The Labute approximate surface area is 138 Å². The van der Waals surface area contributed by atoms with Crippen LogP contribution >= 0.6 is 0 Å². The van der Waals surface area contributed by atoms with Crippen molar-refractivity contribution in [3.05, 3.63) is 0 Å². The minimum Gasteiger partial charge on any atom is -0.436 e. The molecule has 0 amide bonds. The zero-order chi connectivity index (χ0) is 16.7. The molecule has 5 nitrogen and oxygen atoms in total. The smallest absolute Gasteiger partial charge is 0.311 e. The van der Waals surface area contributed by atoms with Crippen molar-refractivity contribution in [1.82, 2.24) is 0 Å². The average molecular weight is 326 g/mol. The molecule has 2 aliphatic carbocycles. The number of carbonyl (C=O) groups is 1. The number of hydrogen-bond acceptors (Lipinski definition) is 5. The lowest BCUT2D eigenvalue weighted by Gasteiger charge is -2.33. The van der Waals surface area contributed by atoms with Crippen LogP contribution in [0, 0.1) is 11.8 Å². The van der Waals surface area contributed by atoms with E-state index in [0.29, 0.717) is 25.0 Å². The number of carbonyl (C=O) groups excluding carboxylic acids is 1. The molecule has 6 unspecified atom stereocenters. The van der Waals surface area contributed by atoms with Gasteiger partial charge in [0.2, 0.25) is 0 Å². The first-order valence-electron chi connectivity index (χ1n) is 9.00. The van der Waals surface area contributed by atoms with Gasteiger partial charge in [-0.15, -0.1) is 0 Å². The molecule has 1 N–H and O–H groups in total. The van der Waals surface area contributed by atoms with E-state index < -0.39 is 11.9 Å². The van der Waals surface area contributed by atoms with Crippen LogP contribution in [0.4, 0.5) is 0 Å². The van der Waals surface area contributed by atoms with Gasteiger partial charge in [-0.25, -0.2) is 0 Å². The molecule has 0 aromatic heterocycles. The van der Waals surface area contributed by atoms with Crippen LogP contribution in [-0.4, -0.2) is 41.3 Å². The highest BCUT2D eigenvalue weighted by Crippen LogP contribution is 2.49. The van der Waals surface area contributed by atoms with E-state index in [1.807, 2.05) is 0 Å². The van der Waals surface area contributed by atoms with E-state index in [2.05, 4.69) is 6.92 Å². The minimum atomic E-state index is -0.745. The Hall–Kier alpha value is -0.650. The molecule has 3 rings (SSSR count). The van der Waals surface area contributed by atoms with Gasteiger partial charge in [0.05, 0.1) is 29.8 Å². The molecular weight excluding hydrogens is 296 g/mol. The van der Waals surface area contributed by atoms with Gasteiger partial charge < -0.3 is 19.3 Å².